The third-order valence-corrected chi connectivity index (χ3v) is 4.50. The van der Waals surface area contributed by atoms with E-state index in [-0.39, 0.29) is 0 Å². The van der Waals surface area contributed by atoms with Gasteiger partial charge in [0, 0.05) is 18.9 Å². The van der Waals surface area contributed by atoms with Gasteiger partial charge in [0.05, 0.1) is 0 Å². The van der Waals surface area contributed by atoms with Crippen molar-refractivity contribution in [3.05, 3.63) is 17.5 Å². The lowest BCUT2D eigenvalue weighted by molar-refractivity contribution is 0.585. The van der Waals surface area contributed by atoms with E-state index >= 15 is 0 Å². The van der Waals surface area contributed by atoms with Crippen LogP contribution in [0, 0.1) is 0 Å². The Hall–Kier alpha value is -0.810. The van der Waals surface area contributed by atoms with Gasteiger partial charge in [-0.05, 0) is 38.3 Å². The number of hydrogen-bond donors (Lipinski definition) is 1. The first-order valence-corrected chi connectivity index (χ1v) is 6.65. The Morgan fingerprint density at radius 3 is 2.67 bits per heavy atom. The average Bonchev–Trinajstić information content (AvgIpc) is 2.58. The number of nitrogens with one attached hydrogen (secondary N) is 1. The van der Waals surface area contributed by atoms with Crippen LogP contribution in [0.1, 0.15) is 24.1 Å². The molecule has 2 rings (SSSR count). The van der Waals surface area contributed by atoms with Gasteiger partial charge in [-0.25, -0.2) is 13.1 Å². The molecule has 0 radical (unpaired) electrons. The second kappa shape index (κ2) is 3.64. The molecule has 0 saturated carbocycles. The van der Waals surface area contributed by atoms with Crippen LogP contribution in [-0.4, -0.2) is 20.0 Å². The van der Waals surface area contributed by atoms with E-state index in [1.165, 1.54) is 12.7 Å². The smallest absolute Gasteiger partial charge is 0.242 e. The Morgan fingerprint density at radius 2 is 2.00 bits per heavy atom. The monoisotopic (exact) mass is 228 g/mol. The van der Waals surface area contributed by atoms with Crippen LogP contribution in [-0.2, 0) is 29.9 Å². The van der Waals surface area contributed by atoms with E-state index in [2.05, 4.69) is 4.72 Å². The van der Waals surface area contributed by atoms with Crippen molar-refractivity contribution in [2.45, 2.75) is 30.6 Å². The topological polar surface area (TPSA) is 51.1 Å². The highest BCUT2D eigenvalue weighted by Gasteiger charge is 2.24. The van der Waals surface area contributed by atoms with Crippen molar-refractivity contribution in [2.24, 2.45) is 7.05 Å². The van der Waals surface area contributed by atoms with Crippen LogP contribution in [0.15, 0.2) is 11.1 Å². The van der Waals surface area contributed by atoms with Gasteiger partial charge in [-0.3, -0.25) is 0 Å². The van der Waals surface area contributed by atoms with E-state index in [0.29, 0.717) is 4.90 Å². The molecule has 5 heteroatoms. The molecule has 0 unspecified atom stereocenters. The van der Waals surface area contributed by atoms with Crippen molar-refractivity contribution in [2.75, 3.05) is 7.05 Å². The second-order valence-electron chi connectivity index (χ2n) is 3.94. The summed E-state index contributed by atoms with van der Waals surface area (Å²) in [6.07, 6.45) is 5.84. The molecule has 0 bridgehead atoms. The van der Waals surface area contributed by atoms with E-state index in [4.69, 9.17) is 0 Å². The summed E-state index contributed by atoms with van der Waals surface area (Å²) in [6, 6.07) is 0. The summed E-state index contributed by atoms with van der Waals surface area (Å²) in [5, 5.41) is 0. The zero-order valence-corrected chi connectivity index (χ0v) is 9.89. The number of hydrogen-bond acceptors (Lipinski definition) is 2. The Bertz CT molecular complexity index is 474. The summed E-state index contributed by atoms with van der Waals surface area (Å²) in [7, 11) is 0.0818. The van der Waals surface area contributed by atoms with Gasteiger partial charge >= 0.3 is 0 Å². The van der Waals surface area contributed by atoms with Gasteiger partial charge in [-0.15, -0.1) is 0 Å². The van der Waals surface area contributed by atoms with Crippen molar-refractivity contribution >= 4 is 10.0 Å². The molecule has 0 amide bonds. The van der Waals surface area contributed by atoms with Crippen LogP contribution in [0.25, 0.3) is 0 Å². The molecule has 0 aliphatic heterocycles. The summed E-state index contributed by atoms with van der Waals surface area (Å²) in [5.74, 6) is 0. The van der Waals surface area contributed by atoms with Crippen molar-refractivity contribution < 1.29 is 8.42 Å². The number of fused-ring (bicyclic) bond motifs is 1. The van der Waals surface area contributed by atoms with Gasteiger partial charge in [-0.2, -0.15) is 0 Å². The van der Waals surface area contributed by atoms with Gasteiger partial charge in [-0.1, -0.05) is 0 Å². The SMILES string of the molecule is CNS(=O)(=O)c1cn(C)c2c1CCCC2. The zero-order valence-electron chi connectivity index (χ0n) is 9.08. The van der Waals surface area contributed by atoms with Crippen molar-refractivity contribution in [3.63, 3.8) is 0 Å². The molecule has 84 valence electrons. The average molecular weight is 228 g/mol. The second-order valence-corrected chi connectivity index (χ2v) is 5.80. The highest BCUT2D eigenvalue weighted by Crippen LogP contribution is 2.28. The number of aromatic nitrogens is 1. The van der Waals surface area contributed by atoms with Crippen LogP contribution in [0.2, 0.25) is 0 Å². The number of sulfonamides is 1. The number of aryl methyl sites for hydroxylation is 1. The summed E-state index contributed by atoms with van der Waals surface area (Å²) in [5.41, 5.74) is 2.19. The first-order chi connectivity index (χ1) is 7.06. The maximum atomic E-state index is 11.8. The Labute approximate surface area is 90.3 Å². The molecule has 0 atom stereocenters. The molecule has 4 nitrogen and oxygen atoms in total. The van der Waals surface area contributed by atoms with Gasteiger partial charge in [0.25, 0.3) is 0 Å². The third kappa shape index (κ3) is 1.70. The van der Waals surface area contributed by atoms with Crippen molar-refractivity contribution in [1.82, 2.24) is 9.29 Å². The van der Waals surface area contributed by atoms with E-state index in [9.17, 15) is 8.42 Å². The maximum absolute atomic E-state index is 11.8. The molecule has 1 aromatic rings. The minimum atomic E-state index is -3.29. The molecule has 0 spiro atoms. The molecule has 1 aliphatic rings. The molecular formula is C10H16N2O2S. The van der Waals surface area contributed by atoms with Gasteiger partial charge in [0.15, 0.2) is 0 Å². The zero-order chi connectivity index (χ0) is 11.1. The molecule has 15 heavy (non-hydrogen) atoms. The van der Waals surface area contributed by atoms with E-state index in [1.807, 2.05) is 11.6 Å². The largest absolute Gasteiger partial charge is 0.353 e. The Kier molecular flexibility index (Phi) is 2.60. The molecule has 1 aliphatic carbocycles. The van der Waals surface area contributed by atoms with Crippen LogP contribution in [0.5, 0.6) is 0 Å². The summed E-state index contributed by atoms with van der Waals surface area (Å²) in [6.45, 7) is 0. The summed E-state index contributed by atoms with van der Waals surface area (Å²) < 4.78 is 27.8. The molecule has 1 heterocycles. The molecular weight excluding hydrogens is 212 g/mol. The lowest BCUT2D eigenvalue weighted by Gasteiger charge is -2.14. The van der Waals surface area contributed by atoms with Crippen LogP contribution >= 0.6 is 0 Å². The van der Waals surface area contributed by atoms with Gasteiger partial charge in [0.2, 0.25) is 10.0 Å². The number of rotatable bonds is 2. The lowest BCUT2D eigenvalue weighted by atomic mass is 9.98. The quantitative estimate of drug-likeness (QED) is 0.814. The first kappa shape index (κ1) is 10.7. The van der Waals surface area contributed by atoms with E-state index < -0.39 is 10.0 Å². The Balaban J connectivity index is 2.59. The van der Waals surface area contributed by atoms with E-state index in [0.717, 1.165) is 31.2 Å². The standard InChI is InChI=1S/C10H16N2O2S/c1-11-15(13,14)10-7-12(2)9-6-4-3-5-8(9)10/h7,11H,3-6H2,1-2H3. The van der Waals surface area contributed by atoms with Crippen molar-refractivity contribution in [3.8, 4) is 0 Å². The van der Waals surface area contributed by atoms with E-state index in [1.54, 1.807) is 6.20 Å². The van der Waals surface area contributed by atoms with Crippen LogP contribution < -0.4 is 4.72 Å². The molecule has 1 N–H and O–H groups in total. The molecule has 0 aromatic carbocycles. The fraction of sp³-hybridized carbons (Fsp3) is 0.600. The fourth-order valence-corrected chi connectivity index (χ4v) is 3.28. The van der Waals surface area contributed by atoms with Gasteiger partial charge < -0.3 is 4.57 Å². The highest BCUT2D eigenvalue weighted by molar-refractivity contribution is 7.89. The van der Waals surface area contributed by atoms with Crippen LogP contribution in [0.3, 0.4) is 0 Å². The molecule has 1 aromatic heterocycles. The minimum absolute atomic E-state index is 0.460. The molecule has 0 fully saturated rings. The van der Waals surface area contributed by atoms with Crippen LogP contribution in [0.4, 0.5) is 0 Å². The summed E-state index contributed by atoms with van der Waals surface area (Å²) >= 11 is 0. The predicted molar refractivity (Wildman–Crippen MR) is 58.3 cm³/mol. The molecule has 0 saturated heterocycles. The minimum Gasteiger partial charge on any atom is -0.353 e. The summed E-state index contributed by atoms with van der Waals surface area (Å²) in [4.78, 5) is 0.460. The third-order valence-electron chi connectivity index (χ3n) is 3.03. The lowest BCUT2D eigenvalue weighted by Crippen LogP contribution is -2.20. The fourth-order valence-electron chi connectivity index (χ4n) is 2.22. The maximum Gasteiger partial charge on any atom is 0.242 e. The normalized spacial score (nSPS) is 16.4. The van der Waals surface area contributed by atoms with Crippen molar-refractivity contribution in [1.29, 1.82) is 0 Å². The number of nitrogens with zero attached hydrogens (tertiary/aromatic N) is 1. The Morgan fingerprint density at radius 1 is 1.33 bits per heavy atom. The first-order valence-electron chi connectivity index (χ1n) is 5.17. The highest BCUT2D eigenvalue weighted by atomic mass is 32.2. The predicted octanol–water partition coefficient (Wildman–Crippen LogP) is 0.812. The van der Waals surface area contributed by atoms with Gasteiger partial charge in [0.1, 0.15) is 4.90 Å².